The predicted octanol–water partition coefficient (Wildman–Crippen LogP) is 3.74. The molecule has 0 saturated heterocycles. The Morgan fingerprint density at radius 3 is 2.03 bits per heavy atom. The summed E-state index contributed by atoms with van der Waals surface area (Å²) < 4.78 is 33.2. The van der Waals surface area contributed by atoms with E-state index in [9.17, 15) is 32.5 Å². The number of imide groups is 1. The van der Waals surface area contributed by atoms with Gasteiger partial charge in [-0.05, 0) is 35.7 Å². The van der Waals surface area contributed by atoms with Gasteiger partial charge in [-0.25, -0.2) is 9.69 Å². The molecule has 1 aliphatic rings. The largest absolute Gasteiger partial charge is 0.478 e. The highest BCUT2D eigenvalue weighted by Crippen LogP contribution is 2.38. The van der Waals surface area contributed by atoms with Crippen LogP contribution in [-0.2, 0) is 10.1 Å². The van der Waals surface area contributed by atoms with Gasteiger partial charge in [0.2, 0.25) is 0 Å². The summed E-state index contributed by atoms with van der Waals surface area (Å²) in [4.78, 5) is 39.0. The minimum Gasteiger partial charge on any atom is -0.478 e. The number of hydrogen-bond donors (Lipinski definition) is 2. The van der Waals surface area contributed by atoms with Crippen molar-refractivity contribution in [3.63, 3.8) is 0 Å². The lowest BCUT2D eigenvalue weighted by Gasteiger charge is -2.28. The fourth-order valence-electron chi connectivity index (χ4n) is 4.19. The van der Waals surface area contributed by atoms with Gasteiger partial charge < -0.3 is 5.11 Å². The average Bonchev–Trinajstić information content (AvgIpc) is 2.76. The van der Waals surface area contributed by atoms with Gasteiger partial charge in [-0.3, -0.25) is 14.1 Å². The van der Waals surface area contributed by atoms with Crippen LogP contribution in [0.15, 0.2) is 71.6 Å². The van der Waals surface area contributed by atoms with Crippen LogP contribution in [0.4, 0.5) is 5.69 Å². The highest BCUT2D eigenvalue weighted by molar-refractivity contribution is 7.86. The zero-order valence-corrected chi connectivity index (χ0v) is 17.0. The molecule has 0 spiro atoms. The minimum atomic E-state index is -4.54. The average molecular weight is 447 g/mol. The van der Waals surface area contributed by atoms with Gasteiger partial charge in [0.05, 0.1) is 11.3 Å². The van der Waals surface area contributed by atoms with E-state index in [1.807, 2.05) is 0 Å². The molecule has 2 N–H and O–H groups in total. The maximum Gasteiger partial charge on any atom is 0.336 e. The van der Waals surface area contributed by atoms with Gasteiger partial charge in [0.15, 0.2) is 0 Å². The lowest BCUT2D eigenvalue weighted by molar-refractivity contribution is 0.0697. The van der Waals surface area contributed by atoms with Gasteiger partial charge in [-0.2, -0.15) is 8.42 Å². The smallest absolute Gasteiger partial charge is 0.336 e. The molecule has 0 fully saturated rings. The number of amides is 2. The SMILES string of the molecule is O=C(O)c1ccc2c3c(cccc13)C(=O)N(c1cccc3c(S(=O)(=O)O)cccc13)C2=O. The molecule has 0 unspecified atom stereocenters. The third-order valence-corrected chi connectivity index (χ3v) is 6.43. The minimum absolute atomic E-state index is 0.0254. The Labute approximate surface area is 181 Å². The van der Waals surface area contributed by atoms with Crippen molar-refractivity contribution in [1.82, 2.24) is 0 Å². The van der Waals surface area contributed by atoms with Gasteiger partial charge in [0.1, 0.15) is 4.90 Å². The molecule has 5 rings (SSSR count). The van der Waals surface area contributed by atoms with E-state index in [0.29, 0.717) is 0 Å². The van der Waals surface area contributed by atoms with E-state index in [1.54, 1.807) is 12.1 Å². The number of anilines is 1. The van der Waals surface area contributed by atoms with Crippen molar-refractivity contribution in [1.29, 1.82) is 0 Å². The first-order chi connectivity index (χ1) is 15.2. The molecule has 32 heavy (non-hydrogen) atoms. The van der Waals surface area contributed by atoms with Crippen LogP contribution in [0, 0.1) is 0 Å². The first kappa shape index (κ1) is 19.9. The summed E-state index contributed by atoms with van der Waals surface area (Å²) in [6, 6.07) is 15.9. The highest BCUT2D eigenvalue weighted by Gasteiger charge is 2.35. The number of rotatable bonds is 3. The van der Waals surface area contributed by atoms with Crippen LogP contribution < -0.4 is 4.90 Å². The molecular weight excluding hydrogens is 434 g/mol. The summed E-state index contributed by atoms with van der Waals surface area (Å²) in [6.45, 7) is 0. The van der Waals surface area contributed by atoms with Gasteiger partial charge in [0.25, 0.3) is 21.9 Å². The second-order valence-electron chi connectivity index (χ2n) is 7.24. The fraction of sp³-hybridized carbons (Fsp3) is 0. The van der Waals surface area contributed by atoms with Gasteiger partial charge in [-0.15, -0.1) is 0 Å². The monoisotopic (exact) mass is 447 g/mol. The number of carbonyl (C=O) groups is 3. The van der Waals surface area contributed by atoms with Crippen LogP contribution >= 0.6 is 0 Å². The first-order valence-electron chi connectivity index (χ1n) is 9.37. The summed E-state index contributed by atoms with van der Waals surface area (Å²) in [5.41, 5.74) is 0.432. The summed E-state index contributed by atoms with van der Waals surface area (Å²) in [6.07, 6.45) is 0. The van der Waals surface area contributed by atoms with Crippen molar-refractivity contribution in [2.75, 3.05) is 4.90 Å². The van der Waals surface area contributed by atoms with E-state index < -0.39 is 27.9 Å². The Morgan fingerprint density at radius 2 is 1.34 bits per heavy atom. The molecule has 9 heteroatoms. The summed E-state index contributed by atoms with van der Waals surface area (Å²) in [5.74, 6) is -2.51. The molecule has 0 bridgehead atoms. The topological polar surface area (TPSA) is 129 Å². The van der Waals surface area contributed by atoms with Crippen LogP contribution in [0.1, 0.15) is 31.1 Å². The van der Waals surface area contributed by atoms with Crippen molar-refractivity contribution >= 4 is 55.1 Å². The highest BCUT2D eigenvalue weighted by atomic mass is 32.2. The third kappa shape index (κ3) is 2.72. The van der Waals surface area contributed by atoms with Crippen LogP contribution in [0.25, 0.3) is 21.5 Å². The van der Waals surface area contributed by atoms with Crippen LogP contribution in [0.5, 0.6) is 0 Å². The number of nitrogens with zero attached hydrogens (tertiary/aromatic N) is 1. The lowest BCUT2D eigenvalue weighted by atomic mass is 9.90. The zero-order chi connectivity index (χ0) is 22.8. The fourth-order valence-corrected chi connectivity index (χ4v) is 4.89. The Kier molecular flexibility index (Phi) is 4.16. The standard InChI is InChI=1S/C23H13NO7S/c25-21-16-7-1-6-14-15(23(27)28)10-11-17(20(14)16)22(26)24(21)18-8-2-5-13-12(18)4-3-9-19(13)32(29,30)31/h1-11H,(H,27,28)(H,29,30,31). The van der Waals surface area contributed by atoms with Crippen molar-refractivity contribution < 1.29 is 32.5 Å². The molecular formula is C23H13NO7S. The van der Waals surface area contributed by atoms with Crippen molar-refractivity contribution in [3.05, 3.63) is 83.4 Å². The van der Waals surface area contributed by atoms with Crippen molar-refractivity contribution in [2.45, 2.75) is 4.90 Å². The number of fused-ring (bicyclic) bond motifs is 1. The van der Waals surface area contributed by atoms with E-state index in [1.165, 1.54) is 54.6 Å². The van der Waals surface area contributed by atoms with Crippen LogP contribution in [-0.4, -0.2) is 35.9 Å². The molecule has 4 aromatic rings. The number of carboxylic acids is 1. The molecule has 8 nitrogen and oxygen atoms in total. The van der Waals surface area contributed by atoms with Gasteiger partial charge in [0, 0.05) is 27.3 Å². The summed E-state index contributed by atoms with van der Waals surface area (Å²) in [5, 5.41) is 10.4. The van der Waals surface area contributed by atoms with Crippen LogP contribution in [0.2, 0.25) is 0 Å². The second kappa shape index (κ2) is 6.71. The van der Waals surface area contributed by atoms with Gasteiger partial charge in [-0.1, -0.05) is 36.4 Å². The molecule has 0 atom stereocenters. The third-order valence-electron chi connectivity index (χ3n) is 5.52. The quantitative estimate of drug-likeness (QED) is 0.361. The van der Waals surface area contributed by atoms with E-state index in [4.69, 9.17) is 0 Å². The molecule has 4 aromatic carbocycles. The van der Waals surface area contributed by atoms with E-state index >= 15 is 0 Å². The Balaban J connectivity index is 1.80. The molecule has 2 amide bonds. The number of carbonyl (C=O) groups excluding carboxylic acids is 2. The van der Waals surface area contributed by atoms with Gasteiger partial charge >= 0.3 is 5.97 Å². The van der Waals surface area contributed by atoms with E-state index in [-0.39, 0.29) is 48.8 Å². The maximum atomic E-state index is 13.4. The molecule has 1 aliphatic heterocycles. The molecule has 0 aliphatic carbocycles. The maximum absolute atomic E-state index is 13.4. The van der Waals surface area contributed by atoms with Crippen LogP contribution in [0.3, 0.4) is 0 Å². The molecule has 0 radical (unpaired) electrons. The van der Waals surface area contributed by atoms with Crippen molar-refractivity contribution in [3.8, 4) is 0 Å². The molecule has 0 aromatic heterocycles. The number of aromatic carboxylic acids is 1. The predicted molar refractivity (Wildman–Crippen MR) is 116 cm³/mol. The summed E-state index contributed by atoms with van der Waals surface area (Å²) >= 11 is 0. The second-order valence-corrected chi connectivity index (χ2v) is 8.63. The Hall–Kier alpha value is -4.08. The first-order valence-corrected chi connectivity index (χ1v) is 10.8. The Morgan fingerprint density at radius 1 is 0.750 bits per heavy atom. The van der Waals surface area contributed by atoms with Crippen molar-refractivity contribution in [2.24, 2.45) is 0 Å². The Bertz CT molecular complexity index is 1600. The van der Waals surface area contributed by atoms with E-state index in [2.05, 4.69) is 0 Å². The molecule has 158 valence electrons. The molecule has 0 saturated carbocycles. The normalized spacial score (nSPS) is 13.7. The zero-order valence-electron chi connectivity index (χ0n) is 16.1. The van der Waals surface area contributed by atoms with E-state index in [0.717, 1.165) is 4.90 Å². The number of benzene rings is 4. The summed E-state index contributed by atoms with van der Waals surface area (Å²) in [7, 11) is -4.54. The lowest BCUT2D eigenvalue weighted by Crippen LogP contribution is -2.40. The molecule has 1 heterocycles. The number of hydrogen-bond acceptors (Lipinski definition) is 5. The number of carboxylic acid groups (broad SMARTS) is 1.